The maximum atomic E-state index is 11.7. The molecule has 0 saturated carbocycles. The van der Waals surface area contributed by atoms with Gasteiger partial charge >= 0.3 is 0 Å². The third-order valence-electron chi connectivity index (χ3n) is 2.78. The first-order valence-electron chi connectivity index (χ1n) is 6.44. The first-order chi connectivity index (χ1) is 9.70. The fraction of sp³-hybridized carbons (Fsp3) is 0.400. The number of aryl methyl sites for hydroxylation is 1. The van der Waals surface area contributed by atoms with Gasteiger partial charge in [0.1, 0.15) is 12.4 Å². The lowest BCUT2D eigenvalue weighted by Crippen LogP contribution is -2.09. The average molecular weight is 310 g/mol. The minimum absolute atomic E-state index is 0.0136. The SMILES string of the molecule is CSCCOCCOc1cc(=O)sc2ccc(C)cc12. The van der Waals surface area contributed by atoms with Crippen LogP contribution < -0.4 is 9.48 Å². The standard InChI is InChI=1S/C15H18O3S2/c1-11-3-4-14-12(9-11)13(10-15(16)20-14)18-6-5-17-7-8-19-2/h3-4,9-10H,5-8H2,1-2H3. The lowest BCUT2D eigenvalue weighted by molar-refractivity contribution is 0.112. The maximum absolute atomic E-state index is 11.7. The second-order valence-electron chi connectivity index (χ2n) is 4.38. The molecule has 2 rings (SSSR count). The Balaban J connectivity index is 2.05. The minimum Gasteiger partial charge on any atom is -0.490 e. The summed E-state index contributed by atoms with van der Waals surface area (Å²) in [6.07, 6.45) is 2.05. The molecule has 1 aromatic carbocycles. The van der Waals surface area contributed by atoms with Gasteiger partial charge in [-0.2, -0.15) is 11.8 Å². The van der Waals surface area contributed by atoms with E-state index < -0.39 is 0 Å². The predicted octanol–water partition coefficient (Wildman–Crippen LogP) is 3.33. The maximum Gasteiger partial charge on any atom is 0.236 e. The summed E-state index contributed by atoms with van der Waals surface area (Å²) in [5.41, 5.74) is 1.16. The van der Waals surface area contributed by atoms with Gasteiger partial charge in [-0.3, -0.25) is 4.79 Å². The quantitative estimate of drug-likeness (QED) is 0.735. The molecule has 0 radical (unpaired) electrons. The van der Waals surface area contributed by atoms with Crippen molar-refractivity contribution in [3.8, 4) is 5.75 Å². The van der Waals surface area contributed by atoms with E-state index in [0.29, 0.717) is 19.0 Å². The molecule has 1 heterocycles. The van der Waals surface area contributed by atoms with Gasteiger partial charge in [0.2, 0.25) is 4.74 Å². The summed E-state index contributed by atoms with van der Waals surface area (Å²) in [5, 5.41) is 0.999. The molecule has 0 N–H and O–H groups in total. The van der Waals surface area contributed by atoms with Crippen molar-refractivity contribution in [3.63, 3.8) is 0 Å². The van der Waals surface area contributed by atoms with Gasteiger partial charge in [0.15, 0.2) is 0 Å². The first kappa shape index (κ1) is 15.4. The Bertz CT molecular complexity index is 622. The minimum atomic E-state index is 0.0136. The molecule has 0 saturated heterocycles. The number of fused-ring (bicyclic) bond motifs is 1. The number of hydrogen-bond acceptors (Lipinski definition) is 5. The van der Waals surface area contributed by atoms with E-state index in [1.54, 1.807) is 17.8 Å². The van der Waals surface area contributed by atoms with Crippen molar-refractivity contribution in [1.82, 2.24) is 0 Å². The van der Waals surface area contributed by atoms with Crippen molar-refractivity contribution in [1.29, 1.82) is 0 Å². The molecule has 5 heteroatoms. The smallest absolute Gasteiger partial charge is 0.236 e. The van der Waals surface area contributed by atoms with Crippen LogP contribution in [0.15, 0.2) is 29.1 Å². The van der Waals surface area contributed by atoms with Crippen LogP contribution in [0.3, 0.4) is 0 Å². The molecule has 2 aromatic rings. The van der Waals surface area contributed by atoms with Crippen LogP contribution in [0.1, 0.15) is 5.56 Å². The van der Waals surface area contributed by atoms with Crippen LogP contribution in [-0.2, 0) is 4.74 Å². The van der Waals surface area contributed by atoms with E-state index in [1.807, 2.05) is 19.1 Å². The van der Waals surface area contributed by atoms with E-state index in [4.69, 9.17) is 9.47 Å². The van der Waals surface area contributed by atoms with Gasteiger partial charge in [0, 0.05) is 21.9 Å². The Morgan fingerprint density at radius 3 is 2.85 bits per heavy atom. The molecule has 0 aliphatic heterocycles. The Kier molecular flexibility index (Phi) is 5.88. The van der Waals surface area contributed by atoms with Gasteiger partial charge in [0.25, 0.3) is 0 Å². The van der Waals surface area contributed by atoms with Gasteiger partial charge in [-0.1, -0.05) is 23.0 Å². The van der Waals surface area contributed by atoms with Crippen LogP contribution in [0.25, 0.3) is 10.1 Å². The van der Waals surface area contributed by atoms with E-state index in [0.717, 1.165) is 28.0 Å². The molecule has 0 fully saturated rings. The van der Waals surface area contributed by atoms with Crippen molar-refractivity contribution in [2.24, 2.45) is 0 Å². The summed E-state index contributed by atoms with van der Waals surface area (Å²) in [4.78, 5) is 11.7. The van der Waals surface area contributed by atoms with Gasteiger partial charge < -0.3 is 9.47 Å². The zero-order valence-electron chi connectivity index (χ0n) is 11.7. The fourth-order valence-electron chi connectivity index (χ4n) is 1.82. The Morgan fingerprint density at radius 2 is 2.05 bits per heavy atom. The van der Waals surface area contributed by atoms with Crippen LogP contribution in [0, 0.1) is 6.92 Å². The van der Waals surface area contributed by atoms with Gasteiger partial charge in [-0.05, 0) is 25.3 Å². The van der Waals surface area contributed by atoms with Crippen molar-refractivity contribution < 1.29 is 9.47 Å². The average Bonchev–Trinajstić information content (AvgIpc) is 2.43. The van der Waals surface area contributed by atoms with Crippen LogP contribution in [0.4, 0.5) is 0 Å². The molecule has 20 heavy (non-hydrogen) atoms. The van der Waals surface area contributed by atoms with Crippen molar-refractivity contribution in [2.75, 3.05) is 31.8 Å². The van der Waals surface area contributed by atoms with Gasteiger partial charge in [0.05, 0.1) is 13.2 Å². The summed E-state index contributed by atoms with van der Waals surface area (Å²) < 4.78 is 12.1. The van der Waals surface area contributed by atoms with Gasteiger partial charge in [-0.15, -0.1) is 0 Å². The van der Waals surface area contributed by atoms with Gasteiger partial charge in [-0.25, -0.2) is 0 Å². The van der Waals surface area contributed by atoms with E-state index in [9.17, 15) is 4.79 Å². The van der Waals surface area contributed by atoms with Crippen molar-refractivity contribution in [3.05, 3.63) is 39.4 Å². The Hall–Kier alpha value is -1.04. The topological polar surface area (TPSA) is 35.5 Å². The molecule has 0 bridgehead atoms. The van der Waals surface area contributed by atoms with E-state index in [2.05, 4.69) is 12.3 Å². The zero-order valence-corrected chi connectivity index (χ0v) is 13.3. The normalized spacial score (nSPS) is 10.9. The number of rotatable bonds is 7. The molecule has 0 aliphatic rings. The van der Waals surface area contributed by atoms with Crippen LogP contribution in [-0.4, -0.2) is 31.8 Å². The highest BCUT2D eigenvalue weighted by Crippen LogP contribution is 2.27. The number of hydrogen-bond donors (Lipinski definition) is 0. The second-order valence-corrected chi connectivity index (χ2v) is 6.41. The highest BCUT2D eigenvalue weighted by molar-refractivity contribution is 7.98. The lowest BCUT2D eigenvalue weighted by atomic mass is 10.2. The second kappa shape index (κ2) is 7.67. The summed E-state index contributed by atoms with van der Waals surface area (Å²) in [6, 6.07) is 7.59. The van der Waals surface area contributed by atoms with Crippen LogP contribution >= 0.6 is 23.1 Å². The molecule has 0 amide bonds. The first-order valence-corrected chi connectivity index (χ1v) is 8.66. The summed E-state index contributed by atoms with van der Waals surface area (Å²) in [7, 11) is 0. The molecule has 0 unspecified atom stereocenters. The summed E-state index contributed by atoms with van der Waals surface area (Å²) in [5.74, 6) is 1.64. The number of ether oxygens (including phenoxy) is 2. The molecule has 0 spiro atoms. The van der Waals surface area contributed by atoms with Crippen LogP contribution in [0.2, 0.25) is 0 Å². The molecular formula is C15H18O3S2. The third-order valence-corrected chi connectivity index (χ3v) is 4.25. The molecule has 0 atom stereocenters. The highest BCUT2D eigenvalue weighted by Gasteiger charge is 2.05. The monoisotopic (exact) mass is 310 g/mol. The molecular weight excluding hydrogens is 292 g/mol. The Labute approximate surface area is 126 Å². The number of thioether (sulfide) groups is 1. The summed E-state index contributed by atoms with van der Waals surface area (Å²) >= 11 is 3.00. The van der Waals surface area contributed by atoms with E-state index in [-0.39, 0.29) is 4.74 Å². The Morgan fingerprint density at radius 1 is 1.20 bits per heavy atom. The zero-order chi connectivity index (χ0) is 14.4. The lowest BCUT2D eigenvalue weighted by Gasteiger charge is -2.09. The summed E-state index contributed by atoms with van der Waals surface area (Å²) in [6.45, 7) is 3.77. The molecule has 1 aromatic heterocycles. The van der Waals surface area contributed by atoms with E-state index in [1.165, 1.54) is 11.3 Å². The highest BCUT2D eigenvalue weighted by atomic mass is 32.2. The largest absolute Gasteiger partial charge is 0.490 e. The predicted molar refractivity (Wildman–Crippen MR) is 87.5 cm³/mol. The molecule has 108 valence electrons. The molecule has 3 nitrogen and oxygen atoms in total. The van der Waals surface area contributed by atoms with Crippen LogP contribution in [0.5, 0.6) is 5.75 Å². The fourth-order valence-corrected chi connectivity index (χ4v) is 2.90. The van der Waals surface area contributed by atoms with Crippen molar-refractivity contribution in [2.45, 2.75) is 6.92 Å². The van der Waals surface area contributed by atoms with E-state index >= 15 is 0 Å². The molecule has 0 aliphatic carbocycles. The van der Waals surface area contributed by atoms with Crippen molar-refractivity contribution >= 4 is 33.2 Å². The number of benzene rings is 1. The third kappa shape index (κ3) is 4.23.